The third-order valence-corrected chi connectivity index (χ3v) is 3.41. The van der Waals surface area contributed by atoms with Gasteiger partial charge in [0.25, 0.3) is 0 Å². The first-order valence-electron chi connectivity index (χ1n) is 6.27. The van der Waals surface area contributed by atoms with Crippen LogP contribution in [0.3, 0.4) is 0 Å². The lowest BCUT2D eigenvalue weighted by Gasteiger charge is -2.17. The largest absolute Gasteiger partial charge is 0.493 e. The number of benzene rings is 1. The number of halogens is 1. The van der Waals surface area contributed by atoms with Crippen LogP contribution in [0.5, 0.6) is 5.75 Å². The standard InChI is InChI=1S/C14H22ClNO/c1-4-11(5-2)10-17-14-8-6-7-13(15)12(14)9-16-3/h6-8,11,16H,4-5,9-10H2,1-3H3. The number of hydrogen-bond acceptors (Lipinski definition) is 2. The summed E-state index contributed by atoms with van der Waals surface area (Å²) in [6.45, 7) is 5.90. The maximum atomic E-state index is 6.17. The predicted molar refractivity (Wildman–Crippen MR) is 73.8 cm³/mol. The Balaban J connectivity index is 2.72. The van der Waals surface area contributed by atoms with Crippen molar-refractivity contribution in [3.63, 3.8) is 0 Å². The Labute approximate surface area is 109 Å². The summed E-state index contributed by atoms with van der Waals surface area (Å²) in [6.07, 6.45) is 2.30. The second kappa shape index (κ2) is 7.57. The van der Waals surface area contributed by atoms with Crippen molar-refractivity contribution < 1.29 is 4.74 Å². The van der Waals surface area contributed by atoms with Gasteiger partial charge in [-0.15, -0.1) is 0 Å². The molecule has 1 N–H and O–H groups in total. The van der Waals surface area contributed by atoms with Crippen molar-refractivity contribution in [3.05, 3.63) is 28.8 Å². The van der Waals surface area contributed by atoms with Crippen molar-refractivity contribution in [2.75, 3.05) is 13.7 Å². The molecule has 0 saturated heterocycles. The lowest BCUT2D eigenvalue weighted by atomic mass is 10.1. The van der Waals surface area contributed by atoms with E-state index >= 15 is 0 Å². The van der Waals surface area contributed by atoms with Crippen molar-refractivity contribution in [3.8, 4) is 5.75 Å². The van der Waals surface area contributed by atoms with Gasteiger partial charge in [0.1, 0.15) is 5.75 Å². The predicted octanol–water partition coefficient (Wildman–Crippen LogP) is 3.87. The van der Waals surface area contributed by atoms with Crippen LogP contribution in [0.4, 0.5) is 0 Å². The van der Waals surface area contributed by atoms with Gasteiger partial charge in [0, 0.05) is 17.1 Å². The van der Waals surface area contributed by atoms with Crippen LogP contribution in [-0.4, -0.2) is 13.7 Å². The van der Waals surface area contributed by atoms with E-state index in [0.29, 0.717) is 5.92 Å². The van der Waals surface area contributed by atoms with Crippen LogP contribution in [0, 0.1) is 5.92 Å². The fourth-order valence-corrected chi connectivity index (χ4v) is 1.99. The minimum absolute atomic E-state index is 0.622. The average Bonchev–Trinajstić information content (AvgIpc) is 2.34. The van der Waals surface area contributed by atoms with Gasteiger partial charge in [0.05, 0.1) is 6.61 Å². The Morgan fingerprint density at radius 1 is 1.29 bits per heavy atom. The molecule has 0 atom stereocenters. The van der Waals surface area contributed by atoms with E-state index in [9.17, 15) is 0 Å². The first kappa shape index (κ1) is 14.3. The molecular formula is C14H22ClNO. The van der Waals surface area contributed by atoms with E-state index in [-0.39, 0.29) is 0 Å². The van der Waals surface area contributed by atoms with E-state index in [1.165, 1.54) is 0 Å². The minimum Gasteiger partial charge on any atom is -0.493 e. The smallest absolute Gasteiger partial charge is 0.125 e. The normalized spacial score (nSPS) is 10.9. The van der Waals surface area contributed by atoms with E-state index in [4.69, 9.17) is 16.3 Å². The van der Waals surface area contributed by atoms with Crippen molar-refractivity contribution in [1.29, 1.82) is 0 Å². The average molecular weight is 256 g/mol. The van der Waals surface area contributed by atoms with Crippen molar-refractivity contribution in [2.45, 2.75) is 33.2 Å². The minimum atomic E-state index is 0.622. The summed E-state index contributed by atoms with van der Waals surface area (Å²) in [5.41, 5.74) is 1.04. The molecule has 0 spiro atoms. The maximum Gasteiger partial charge on any atom is 0.125 e. The molecule has 0 saturated carbocycles. The SMILES string of the molecule is CCC(CC)COc1cccc(Cl)c1CNC. The zero-order valence-electron chi connectivity index (χ0n) is 10.9. The van der Waals surface area contributed by atoms with E-state index < -0.39 is 0 Å². The zero-order valence-corrected chi connectivity index (χ0v) is 11.7. The highest BCUT2D eigenvalue weighted by molar-refractivity contribution is 6.31. The van der Waals surface area contributed by atoms with Crippen molar-refractivity contribution in [1.82, 2.24) is 5.32 Å². The molecule has 2 nitrogen and oxygen atoms in total. The summed E-state index contributed by atoms with van der Waals surface area (Å²) < 4.78 is 5.89. The number of rotatable bonds is 7. The summed E-state index contributed by atoms with van der Waals surface area (Å²) >= 11 is 6.17. The second-order valence-electron chi connectivity index (χ2n) is 4.24. The molecule has 0 heterocycles. The number of nitrogens with one attached hydrogen (secondary N) is 1. The highest BCUT2D eigenvalue weighted by atomic mass is 35.5. The van der Waals surface area contributed by atoms with Crippen LogP contribution in [0.25, 0.3) is 0 Å². The van der Waals surface area contributed by atoms with Gasteiger partial charge < -0.3 is 10.1 Å². The van der Waals surface area contributed by atoms with E-state index in [2.05, 4.69) is 19.2 Å². The van der Waals surface area contributed by atoms with Crippen molar-refractivity contribution in [2.24, 2.45) is 5.92 Å². The van der Waals surface area contributed by atoms with Gasteiger partial charge in [-0.05, 0) is 25.1 Å². The summed E-state index contributed by atoms with van der Waals surface area (Å²) in [6, 6.07) is 5.82. The molecule has 17 heavy (non-hydrogen) atoms. The molecule has 0 aliphatic rings. The highest BCUT2D eigenvalue weighted by Crippen LogP contribution is 2.27. The fraction of sp³-hybridized carbons (Fsp3) is 0.571. The molecule has 0 aliphatic heterocycles. The van der Waals surface area contributed by atoms with Gasteiger partial charge in [-0.1, -0.05) is 44.4 Å². The van der Waals surface area contributed by atoms with Crippen LogP contribution in [0.15, 0.2) is 18.2 Å². The molecule has 1 rings (SSSR count). The Hall–Kier alpha value is -0.730. The van der Waals surface area contributed by atoms with Crippen molar-refractivity contribution >= 4 is 11.6 Å². The Kier molecular flexibility index (Phi) is 6.38. The van der Waals surface area contributed by atoms with Gasteiger partial charge in [-0.25, -0.2) is 0 Å². The second-order valence-corrected chi connectivity index (χ2v) is 4.65. The summed E-state index contributed by atoms with van der Waals surface area (Å²) in [7, 11) is 1.91. The Bertz CT molecular complexity index is 337. The molecule has 96 valence electrons. The molecule has 0 radical (unpaired) electrons. The summed E-state index contributed by atoms with van der Waals surface area (Å²) in [5, 5.41) is 3.88. The molecule has 0 aromatic heterocycles. The first-order valence-corrected chi connectivity index (χ1v) is 6.65. The van der Waals surface area contributed by atoms with Crippen LogP contribution in [-0.2, 0) is 6.54 Å². The number of ether oxygens (including phenoxy) is 1. The van der Waals surface area contributed by atoms with E-state index in [0.717, 1.165) is 42.3 Å². The molecule has 3 heteroatoms. The van der Waals surface area contributed by atoms with Crippen LogP contribution >= 0.6 is 11.6 Å². The van der Waals surface area contributed by atoms with Crippen LogP contribution < -0.4 is 10.1 Å². The molecule has 0 bridgehead atoms. The molecular weight excluding hydrogens is 234 g/mol. The molecule has 0 fully saturated rings. The summed E-state index contributed by atoms with van der Waals surface area (Å²) in [5.74, 6) is 1.52. The van der Waals surface area contributed by atoms with Gasteiger partial charge in [-0.2, -0.15) is 0 Å². The summed E-state index contributed by atoms with van der Waals surface area (Å²) in [4.78, 5) is 0. The molecule has 0 amide bonds. The Morgan fingerprint density at radius 3 is 2.59 bits per heavy atom. The molecule has 1 aromatic rings. The quantitative estimate of drug-likeness (QED) is 0.799. The highest BCUT2D eigenvalue weighted by Gasteiger charge is 2.09. The molecule has 0 aliphatic carbocycles. The molecule has 0 unspecified atom stereocenters. The van der Waals surface area contributed by atoms with Crippen LogP contribution in [0.1, 0.15) is 32.3 Å². The number of hydrogen-bond donors (Lipinski definition) is 1. The topological polar surface area (TPSA) is 21.3 Å². The lowest BCUT2D eigenvalue weighted by Crippen LogP contribution is -2.13. The van der Waals surface area contributed by atoms with Gasteiger partial charge >= 0.3 is 0 Å². The monoisotopic (exact) mass is 255 g/mol. The molecule has 1 aromatic carbocycles. The Morgan fingerprint density at radius 2 is 2.00 bits per heavy atom. The van der Waals surface area contributed by atoms with Gasteiger partial charge in [-0.3, -0.25) is 0 Å². The zero-order chi connectivity index (χ0) is 12.7. The van der Waals surface area contributed by atoms with Gasteiger partial charge in [0.2, 0.25) is 0 Å². The maximum absolute atomic E-state index is 6.17. The third kappa shape index (κ3) is 4.21. The van der Waals surface area contributed by atoms with E-state index in [1.807, 2.05) is 25.2 Å². The van der Waals surface area contributed by atoms with E-state index in [1.54, 1.807) is 0 Å². The lowest BCUT2D eigenvalue weighted by molar-refractivity contribution is 0.238. The van der Waals surface area contributed by atoms with Gasteiger partial charge in [0.15, 0.2) is 0 Å². The fourth-order valence-electron chi connectivity index (χ4n) is 1.75. The van der Waals surface area contributed by atoms with Crippen LogP contribution in [0.2, 0.25) is 5.02 Å². The third-order valence-electron chi connectivity index (χ3n) is 3.06. The first-order chi connectivity index (χ1) is 8.22.